The number of nitrogens with one attached hydrogen (secondary N) is 1. The molecule has 4 heteroatoms. The molecular weight excluding hydrogens is 264 g/mol. The smallest absolute Gasteiger partial charge is 0.408 e. The highest BCUT2D eigenvalue weighted by atomic mass is 16.6. The number of para-hydroxylation sites is 1. The summed E-state index contributed by atoms with van der Waals surface area (Å²) in [5.41, 5.74) is 1.08. The van der Waals surface area contributed by atoms with Crippen LogP contribution in [-0.2, 0) is 4.74 Å². The van der Waals surface area contributed by atoms with E-state index in [0.29, 0.717) is 5.69 Å². The molecule has 1 aromatic carbocycles. The zero-order chi connectivity index (χ0) is 15.3. The van der Waals surface area contributed by atoms with Gasteiger partial charge in [-0.05, 0) is 38.8 Å². The van der Waals surface area contributed by atoms with Gasteiger partial charge in [-0.2, -0.15) is 0 Å². The zero-order valence-electron chi connectivity index (χ0n) is 12.4. The minimum atomic E-state index is -0.503. The quantitative estimate of drug-likeness (QED) is 0.818. The summed E-state index contributed by atoms with van der Waals surface area (Å²) in [7, 11) is 0. The van der Waals surface area contributed by atoms with E-state index in [1.54, 1.807) is 0 Å². The Morgan fingerprint density at radius 3 is 2.76 bits per heavy atom. The van der Waals surface area contributed by atoms with Gasteiger partial charge in [0.1, 0.15) is 11.3 Å². The number of hydrogen-bond acceptors (Lipinski definition) is 3. The first-order valence-electron chi connectivity index (χ1n) is 6.75. The van der Waals surface area contributed by atoms with Gasteiger partial charge in [-0.15, -0.1) is 0 Å². The van der Waals surface area contributed by atoms with Crippen LogP contribution < -0.4 is 5.32 Å². The molecule has 108 valence electrons. The topological polar surface area (TPSA) is 51.2 Å². The predicted molar refractivity (Wildman–Crippen MR) is 82.9 cm³/mol. The lowest BCUT2D eigenvalue weighted by atomic mass is 10.2. The number of carbonyl (C=O) groups excluding carboxylic acids is 1. The Kier molecular flexibility index (Phi) is 4.44. The number of carbonyl (C=O) groups is 1. The van der Waals surface area contributed by atoms with Crippen molar-refractivity contribution in [2.45, 2.75) is 26.4 Å². The summed E-state index contributed by atoms with van der Waals surface area (Å²) in [4.78, 5) is 15.9. The van der Waals surface area contributed by atoms with Gasteiger partial charge in [0.2, 0.25) is 0 Å². The number of pyridine rings is 1. The number of amides is 1. The van der Waals surface area contributed by atoms with Crippen molar-refractivity contribution in [1.82, 2.24) is 10.3 Å². The maximum absolute atomic E-state index is 11.4. The summed E-state index contributed by atoms with van der Waals surface area (Å²) < 4.78 is 5.11. The van der Waals surface area contributed by atoms with Crippen LogP contribution >= 0.6 is 0 Å². The average Bonchev–Trinajstić information content (AvgIpc) is 2.41. The van der Waals surface area contributed by atoms with E-state index in [1.807, 2.05) is 57.2 Å². The van der Waals surface area contributed by atoms with Crippen molar-refractivity contribution in [3.05, 3.63) is 42.1 Å². The molecule has 0 fully saturated rings. The van der Waals surface area contributed by atoms with Crippen LogP contribution in [0.3, 0.4) is 0 Å². The van der Waals surface area contributed by atoms with Crippen LogP contribution in [0.2, 0.25) is 0 Å². The molecular formula is C17H18N2O2. The lowest BCUT2D eigenvalue weighted by molar-refractivity contribution is 0.0535. The summed E-state index contributed by atoms with van der Waals surface area (Å²) in [6.07, 6.45) is -0.469. The fourth-order valence-electron chi connectivity index (χ4n) is 1.70. The van der Waals surface area contributed by atoms with Crippen molar-refractivity contribution in [2.75, 3.05) is 6.54 Å². The van der Waals surface area contributed by atoms with Crippen molar-refractivity contribution < 1.29 is 9.53 Å². The van der Waals surface area contributed by atoms with Crippen molar-refractivity contribution in [3.8, 4) is 11.8 Å². The molecule has 1 heterocycles. The van der Waals surface area contributed by atoms with Crippen molar-refractivity contribution >= 4 is 17.0 Å². The molecule has 0 saturated heterocycles. The van der Waals surface area contributed by atoms with Gasteiger partial charge >= 0.3 is 6.09 Å². The number of fused-ring (bicyclic) bond motifs is 1. The second-order valence-electron chi connectivity index (χ2n) is 5.55. The summed E-state index contributed by atoms with van der Waals surface area (Å²) in [6, 6.07) is 11.7. The first-order chi connectivity index (χ1) is 9.94. The summed E-state index contributed by atoms with van der Waals surface area (Å²) in [5, 5.41) is 3.66. The van der Waals surface area contributed by atoms with Gasteiger partial charge in [0.15, 0.2) is 0 Å². The maximum Gasteiger partial charge on any atom is 0.408 e. The van der Waals surface area contributed by atoms with Gasteiger partial charge in [-0.3, -0.25) is 0 Å². The Morgan fingerprint density at radius 2 is 2.00 bits per heavy atom. The summed E-state index contributed by atoms with van der Waals surface area (Å²) >= 11 is 0. The van der Waals surface area contributed by atoms with Crippen LogP contribution in [0.4, 0.5) is 4.79 Å². The molecule has 0 bridgehead atoms. The van der Waals surface area contributed by atoms with Crippen molar-refractivity contribution in [1.29, 1.82) is 0 Å². The fourth-order valence-corrected chi connectivity index (χ4v) is 1.70. The SMILES string of the molecule is CC(C)(C)OC(=O)NCC#Cc1ccc2ccccc2n1. The van der Waals surface area contributed by atoms with Crippen LogP contribution in [0.5, 0.6) is 0 Å². The van der Waals surface area contributed by atoms with E-state index >= 15 is 0 Å². The molecule has 0 atom stereocenters. The van der Waals surface area contributed by atoms with Crippen molar-refractivity contribution in [2.24, 2.45) is 0 Å². The molecule has 2 aromatic rings. The van der Waals surface area contributed by atoms with Gasteiger partial charge in [0, 0.05) is 5.39 Å². The van der Waals surface area contributed by atoms with Crippen LogP contribution in [0.25, 0.3) is 10.9 Å². The third kappa shape index (κ3) is 4.81. The standard InChI is InChI=1S/C17H18N2O2/c1-17(2,3)21-16(20)18-12-6-8-14-11-10-13-7-4-5-9-15(13)19-14/h4-5,7,9-11H,12H2,1-3H3,(H,18,20). The Balaban J connectivity index is 1.94. The highest BCUT2D eigenvalue weighted by Crippen LogP contribution is 2.11. The maximum atomic E-state index is 11.4. The first kappa shape index (κ1) is 14.9. The Morgan fingerprint density at radius 1 is 1.24 bits per heavy atom. The minimum Gasteiger partial charge on any atom is -0.444 e. The van der Waals surface area contributed by atoms with E-state index in [0.717, 1.165) is 10.9 Å². The largest absolute Gasteiger partial charge is 0.444 e. The van der Waals surface area contributed by atoms with E-state index in [1.165, 1.54) is 0 Å². The number of rotatable bonds is 1. The van der Waals surface area contributed by atoms with E-state index in [-0.39, 0.29) is 6.54 Å². The molecule has 1 amide bonds. The normalized spacial score (nSPS) is 10.6. The minimum absolute atomic E-state index is 0.226. The third-order valence-electron chi connectivity index (χ3n) is 2.53. The van der Waals surface area contributed by atoms with Crippen LogP contribution in [0, 0.1) is 11.8 Å². The second-order valence-corrected chi connectivity index (χ2v) is 5.55. The molecule has 21 heavy (non-hydrogen) atoms. The van der Waals surface area contributed by atoms with Gasteiger partial charge in [0.25, 0.3) is 0 Å². The lowest BCUT2D eigenvalue weighted by Gasteiger charge is -2.18. The van der Waals surface area contributed by atoms with Crippen LogP contribution in [0.1, 0.15) is 26.5 Å². The van der Waals surface area contributed by atoms with E-state index in [4.69, 9.17) is 4.74 Å². The average molecular weight is 282 g/mol. The van der Waals surface area contributed by atoms with E-state index in [9.17, 15) is 4.79 Å². The first-order valence-corrected chi connectivity index (χ1v) is 6.75. The zero-order valence-corrected chi connectivity index (χ0v) is 12.4. The Labute approximate surface area is 124 Å². The molecule has 1 N–H and O–H groups in total. The highest BCUT2D eigenvalue weighted by Gasteiger charge is 2.14. The van der Waals surface area contributed by atoms with Gasteiger partial charge in [0.05, 0.1) is 12.1 Å². The molecule has 1 aromatic heterocycles. The molecule has 0 spiro atoms. The van der Waals surface area contributed by atoms with Crippen LogP contribution in [-0.4, -0.2) is 23.2 Å². The molecule has 0 aliphatic rings. The summed E-state index contributed by atoms with van der Waals surface area (Å²) in [5.74, 6) is 5.78. The number of ether oxygens (including phenoxy) is 1. The Hall–Kier alpha value is -2.54. The predicted octanol–water partition coefficient (Wildman–Crippen LogP) is 3.11. The molecule has 0 radical (unpaired) electrons. The van der Waals surface area contributed by atoms with Crippen LogP contribution in [0.15, 0.2) is 36.4 Å². The van der Waals surface area contributed by atoms with Crippen molar-refractivity contribution in [3.63, 3.8) is 0 Å². The summed E-state index contributed by atoms with van der Waals surface area (Å²) in [6.45, 7) is 5.68. The number of aromatic nitrogens is 1. The molecule has 4 nitrogen and oxygen atoms in total. The number of hydrogen-bond donors (Lipinski definition) is 1. The van der Waals surface area contributed by atoms with Gasteiger partial charge in [-0.25, -0.2) is 9.78 Å². The van der Waals surface area contributed by atoms with E-state index in [2.05, 4.69) is 22.1 Å². The fraction of sp³-hybridized carbons (Fsp3) is 0.294. The molecule has 2 rings (SSSR count). The molecule has 0 saturated carbocycles. The van der Waals surface area contributed by atoms with Gasteiger partial charge in [-0.1, -0.05) is 30.2 Å². The lowest BCUT2D eigenvalue weighted by Crippen LogP contribution is -2.32. The monoisotopic (exact) mass is 282 g/mol. The Bertz CT molecular complexity index is 706. The molecule has 0 aliphatic carbocycles. The molecule has 0 unspecified atom stereocenters. The highest BCUT2D eigenvalue weighted by molar-refractivity contribution is 5.78. The van der Waals surface area contributed by atoms with E-state index < -0.39 is 11.7 Å². The number of alkyl carbamates (subject to hydrolysis) is 1. The number of benzene rings is 1. The third-order valence-corrected chi connectivity index (χ3v) is 2.53. The number of nitrogens with zero attached hydrogens (tertiary/aromatic N) is 1. The molecule has 0 aliphatic heterocycles. The second kappa shape index (κ2) is 6.27. The van der Waals surface area contributed by atoms with Gasteiger partial charge < -0.3 is 10.1 Å².